The molecule has 1 saturated carbocycles. The molecule has 6 heteroatoms. The molecule has 1 aromatic carbocycles. The quantitative estimate of drug-likeness (QED) is 0.926. The summed E-state index contributed by atoms with van der Waals surface area (Å²) in [7, 11) is 0. The highest BCUT2D eigenvalue weighted by molar-refractivity contribution is 6.31. The third kappa shape index (κ3) is 2.85. The molecule has 1 saturated heterocycles. The predicted octanol–water partition coefficient (Wildman–Crippen LogP) is 2.19. The standard InChI is InChI=1S/C16H19ClFNO3/c1-9-8-22-10(7-20)6-19(9)16(21)12-5-11(12)15-13(17)3-2-4-14(15)18/h2-4,9-12,20H,5-8H2,1H3/t9-,10+,11+,12-/m1/s1. The van der Waals surface area contributed by atoms with Crippen LogP contribution in [-0.4, -0.2) is 47.8 Å². The molecule has 2 aliphatic rings. The fourth-order valence-electron chi connectivity index (χ4n) is 3.10. The molecular weight excluding hydrogens is 309 g/mol. The summed E-state index contributed by atoms with van der Waals surface area (Å²) in [5.74, 6) is -0.729. The van der Waals surface area contributed by atoms with Gasteiger partial charge in [0, 0.05) is 29.0 Å². The average Bonchev–Trinajstić information content (AvgIpc) is 3.27. The molecule has 3 rings (SSSR count). The van der Waals surface area contributed by atoms with Gasteiger partial charge in [-0.25, -0.2) is 4.39 Å². The summed E-state index contributed by atoms with van der Waals surface area (Å²) in [6.07, 6.45) is 0.280. The Hall–Kier alpha value is -1.17. The number of benzene rings is 1. The highest BCUT2D eigenvalue weighted by atomic mass is 35.5. The molecule has 0 spiro atoms. The van der Waals surface area contributed by atoms with Crippen LogP contribution in [0, 0.1) is 11.7 Å². The van der Waals surface area contributed by atoms with Gasteiger partial charge in [-0.2, -0.15) is 0 Å². The van der Waals surface area contributed by atoms with Gasteiger partial charge in [0.25, 0.3) is 0 Å². The molecule has 2 fully saturated rings. The van der Waals surface area contributed by atoms with E-state index in [-0.39, 0.29) is 42.3 Å². The lowest BCUT2D eigenvalue weighted by atomic mass is 10.1. The van der Waals surface area contributed by atoms with Crippen LogP contribution in [0.25, 0.3) is 0 Å². The molecule has 4 atom stereocenters. The lowest BCUT2D eigenvalue weighted by molar-refractivity contribution is -0.147. The molecule has 0 bridgehead atoms. The SMILES string of the molecule is C[C@@H]1CO[C@H](CO)CN1C(=O)[C@@H]1C[C@@H]1c1c(F)cccc1Cl. The monoisotopic (exact) mass is 327 g/mol. The summed E-state index contributed by atoms with van der Waals surface area (Å²) in [5, 5.41) is 9.58. The minimum Gasteiger partial charge on any atom is -0.394 e. The van der Waals surface area contributed by atoms with Crippen LogP contribution in [0.3, 0.4) is 0 Å². The van der Waals surface area contributed by atoms with Gasteiger partial charge in [-0.05, 0) is 25.5 Å². The molecule has 120 valence electrons. The fourth-order valence-corrected chi connectivity index (χ4v) is 3.40. The third-order valence-corrected chi connectivity index (χ3v) is 4.80. The number of carbonyl (C=O) groups is 1. The second-order valence-corrected chi connectivity index (χ2v) is 6.47. The Balaban J connectivity index is 1.72. The molecule has 4 nitrogen and oxygen atoms in total. The zero-order valence-electron chi connectivity index (χ0n) is 12.3. The number of halogens is 2. The topological polar surface area (TPSA) is 49.8 Å². The highest BCUT2D eigenvalue weighted by Gasteiger charge is 2.49. The van der Waals surface area contributed by atoms with Crippen molar-refractivity contribution >= 4 is 17.5 Å². The molecule has 1 aliphatic heterocycles. The fraction of sp³-hybridized carbons (Fsp3) is 0.562. The third-order valence-electron chi connectivity index (χ3n) is 4.47. The van der Waals surface area contributed by atoms with Crippen LogP contribution in [0.2, 0.25) is 5.02 Å². The van der Waals surface area contributed by atoms with Crippen LogP contribution < -0.4 is 0 Å². The number of amides is 1. The number of nitrogens with zero attached hydrogens (tertiary/aromatic N) is 1. The summed E-state index contributed by atoms with van der Waals surface area (Å²) in [5.41, 5.74) is 0.446. The van der Waals surface area contributed by atoms with Crippen LogP contribution in [-0.2, 0) is 9.53 Å². The van der Waals surface area contributed by atoms with Gasteiger partial charge in [0.2, 0.25) is 5.91 Å². The van der Waals surface area contributed by atoms with E-state index in [1.54, 1.807) is 17.0 Å². The average molecular weight is 328 g/mol. The van der Waals surface area contributed by atoms with Crippen molar-refractivity contribution in [1.82, 2.24) is 4.90 Å². The molecule has 0 aromatic heterocycles. The smallest absolute Gasteiger partial charge is 0.226 e. The van der Waals surface area contributed by atoms with Gasteiger partial charge in [0.05, 0.1) is 25.4 Å². The van der Waals surface area contributed by atoms with Gasteiger partial charge >= 0.3 is 0 Å². The summed E-state index contributed by atoms with van der Waals surface area (Å²) in [6.45, 7) is 2.60. The lowest BCUT2D eigenvalue weighted by Gasteiger charge is -2.37. The largest absolute Gasteiger partial charge is 0.394 e. The second-order valence-electron chi connectivity index (χ2n) is 6.06. The van der Waals surface area contributed by atoms with Gasteiger partial charge in [-0.3, -0.25) is 4.79 Å². The van der Waals surface area contributed by atoms with E-state index in [9.17, 15) is 14.3 Å². The first kappa shape index (κ1) is 15.7. The number of morpholine rings is 1. The van der Waals surface area contributed by atoms with Crippen molar-refractivity contribution in [3.8, 4) is 0 Å². The Labute approximate surface area is 133 Å². The van der Waals surface area contributed by atoms with E-state index in [0.29, 0.717) is 30.2 Å². The van der Waals surface area contributed by atoms with E-state index >= 15 is 0 Å². The van der Waals surface area contributed by atoms with Gasteiger partial charge in [-0.15, -0.1) is 0 Å². The van der Waals surface area contributed by atoms with Crippen molar-refractivity contribution in [3.05, 3.63) is 34.6 Å². The Kier molecular flexibility index (Phi) is 4.39. The first-order valence-corrected chi connectivity index (χ1v) is 7.87. The van der Waals surface area contributed by atoms with Gasteiger partial charge in [-0.1, -0.05) is 17.7 Å². The number of ether oxygens (including phenoxy) is 1. The van der Waals surface area contributed by atoms with E-state index in [2.05, 4.69) is 0 Å². The van der Waals surface area contributed by atoms with Crippen LogP contribution in [0.15, 0.2) is 18.2 Å². The van der Waals surface area contributed by atoms with Crippen molar-refractivity contribution in [3.63, 3.8) is 0 Å². The summed E-state index contributed by atoms with van der Waals surface area (Å²) in [4.78, 5) is 14.4. The van der Waals surface area contributed by atoms with Crippen molar-refractivity contribution in [2.24, 2.45) is 5.92 Å². The van der Waals surface area contributed by atoms with Crippen molar-refractivity contribution in [1.29, 1.82) is 0 Å². The van der Waals surface area contributed by atoms with Crippen LogP contribution in [0.5, 0.6) is 0 Å². The highest BCUT2D eigenvalue weighted by Crippen LogP contribution is 2.51. The van der Waals surface area contributed by atoms with E-state index in [0.717, 1.165) is 0 Å². The van der Waals surface area contributed by atoms with E-state index in [1.165, 1.54) is 6.07 Å². The normalized spacial score (nSPS) is 31.2. The zero-order chi connectivity index (χ0) is 15.9. The number of aliphatic hydroxyl groups is 1. The Bertz CT molecular complexity index is 562. The Morgan fingerprint density at radius 2 is 2.32 bits per heavy atom. The maximum absolute atomic E-state index is 14.0. The van der Waals surface area contributed by atoms with Crippen molar-refractivity contribution < 1.29 is 19.0 Å². The molecule has 1 heterocycles. The Morgan fingerprint density at radius 3 is 3.00 bits per heavy atom. The van der Waals surface area contributed by atoms with Crippen molar-refractivity contribution in [2.75, 3.05) is 19.8 Å². The summed E-state index contributed by atoms with van der Waals surface area (Å²) >= 11 is 6.08. The number of hydrogen-bond acceptors (Lipinski definition) is 3. The molecule has 22 heavy (non-hydrogen) atoms. The minimum atomic E-state index is -0.351. The van der Waals surface area contributed by atoms with Crippen molar-refractivity contribution in [2.45, 2.75) is 31.4 Å². The maximum Gasteiger partial charge on any atom is 0.226 e. The summed E-state index contributed by atoms with van der Waals surface area (Å²) in [6, 6.07) is 4.56. The van der Waals surface area contributed by atoms with Gasteiger partial charge < -0.3 is 14.7 Å². The maximum atomic E-state index is 14.0. The van der Waals surface area contributed by atoms with Gasteiger partial charge in [0.1, 0.15) is 5.82 Å². The minimum absolute atomic E-state index is 0.00132. The number of hydrogen-bond donors (Lipinski definition) is 1. The van der Waals surface area contributed by atoms with E-state index in [1.807, 2.05) is 6.92 Å². The first-order valence-electron chi connectivity index (χ1n) is 7.49. The lowest BCUT2D eigenvalue weighted by Crippen LogP contribution is -2.52. The number of aliphatic hydroxyl groups excluding tert-OH is 1. The first-order chi connectivity index (χ1) is 10.5. The zero-order valence-corrected chi connectivity index (χ0v) is 13.1. The molecule has 1 amide bonds. The molecule has 0 unspecified atom stereocenters. The molecular formula is C16H19ClFNO3. The molecule has 0 radical (unpaired) electrons. The molecule has 1 N–H and O–H groups in total. The number of carbonyl (C=O) groups excluding carboxylic acids is 1. The predicted molar refractivity (Wildman–Crippen MR) is 80.3 cm³/mol. The summed E-state index contributed by atoms with van der Waals surface area (Å²) < 4.78 is 19.4. The number of rotatable bonds is 3. The molecule has 1 aromatic rings. The van der Waals surface area contributed by atoms with Gasteiger partial charge in [0.15, 0.2) is 0 Å². The van der Waals surface area contributed by atoms with E-state index < -0.39 is 0 Å². The van der Waals surface area contributed by atoms with E-state index in [4.69, 9.17) is 16.3 Å². The molecule has 1 aliphatic carbocycles. The van der Waals surface area contributed by atoms with Crippen LogP contribution in [0.1, 0.15) is 24.8 Å². The van der Waals surface area contributed by atoms with Crippen LogP contribution in [0.4, 0.5) is 4.39 Å². The van der Waals surface area contributed by atoms with Crippen LogP contribution >= 0.6 is 11.6 Å². The second kappa shape index (κ2) is 6.14. The Morgan fingerprint density at radius 1 is 1.55 bits per heavy atom.